The van der Waals surface area contributed by atoms with Crippen molar-refractivity contribution in [2.75, 3.05) is 31.1 Å². The van der Waals surface area contributed by atoms with Gasteiger partial charge in [-0.25, -0.2) is 4.98 Å². The molecule has 2 saturated heterocycles. The largest absolute Gasteiger partial charge is 0.458 e. The fraction of sp³-hybridized carbons (Fsp3) is 0.647. The van der Waals surface area contributed by atoms with E-state index < -0.39 is 5.60 Å². The van der Waals surface area contributed by atoms with Gasteiger partial charge in [0.15, 0.2) is 0 Å². The number of anilines is 1. The predicted molar refractivity (Wildman–Crippen MR) is 86.2 cm³/mol. The maximum absolute atomic E-state index is 13.0. The maximum atomic E-state index is 13.0. The summed E-state index contributed by atoms with van der Waals surface area (Å²) in [5.74, 6) is 0.418. The van der Waals surface area contributed by atoms with Gasteiger partial charge >= 0.3 is 5.97 Å². The van der Waals surface area contributed by atoms with Crippen molar-refractivity contribution in [2.45, 2.75) is 37.7 Å². The van der Waals surface area contributed by atoms with Gasteiger partial charge in [-0.15, -0.1) is 0 Å². The lowest BCUT2D eigenvalue weighted by Gasteiger charge is -2.38. The number of carbonyl (C=O) groups excluding carboxylic acids is 2. The Bertz CT molecular complexity index is 622. The van der Waals surface area contributed by atoms with Crippen LogP contribution in [-0.2, 0) is 14.3 Å². The summed E-state index contributed by atoms with van der Waals surface area (Å²) in [6.45, 7) is 2.77. The Morgan fingerprint density at radius 1 is 1.17 bits per heavy atom. The van der Waals surface area contributed by atoms with Gasteiger partial charge in [0.2, 0.25) is 5.91 Å². The Morgan fingerprint density at radius 2 is 1.92 bits per heavy atom. The molecule has 1 saturated carbocycles. The first-order valence-electron chi connectivity index (χ1n) is 8.70. The molecule has 4 rings (SSSR count). The number of hydrogen-bond acceptors (Lipinski definition) is 6. The van der Waals surface area contributed by atoms with E-state index in [2.05, 4.69) is 14.9 Å². The standard InChI is InChI=1S/C17H22N4O3/c22-15-11-13(17(24-15)3-1-2-4-17)16(23)21-9-7-20(8-10-21)14-12-18-5-6-19-14/h5-6,12-13H,1-4,7-11H2. The zero-order valence-electron chi connectivity index (χ0n) is 13.7. The van der Waals surface area contributed by atoms with Crippen molar-refractivity contribution in [3.05, 3.63) is 18.6 Å². The highest BCUT2D eigenvalue weighted by Crippen LogP contribution is 2.46. The molecule has 0 radical (unpaired) electrons. The number of carbonyl (C=O) groups is 2. The van der Waals surface area contributed by atoms with Gasteiger partial charge in [-0.3, -0.25) is 14.6 Å². The summed E-state index contributed by atoms with van der Waals surface area (Å²) in [5.41, 5.74) is -0.518. The molecule has 0 aromatic carbocycles. The van der Waals surface area contributed by atoms with Crippen LogP contribution in [-0.4, -0.2) is 58.5 Å². The Labute approximate surface area is 141 Å². The molecule has 1 amide bonds. The van der Waals surface area contributed by atoms with Gasteiger partial charge in [-0.05, 0) is 25.7 Å². The minimum atomic E-state index is -0.518. The van der Waals surface area contributed by atoms with Crippen molar-refractivity contribution in [3.63, 3.8) is 0 Å². The number of nitrogens with zero attached hydrogens (tertiary/aromatic N) is 4. The highest BCUT2D eigenvalue weighted by atomic mass is 16.6. The summed E-state index contributed by atoms with van der Waals surface area (Å²) in [6.07, 6.45) is 9.05. The Morgan fingerprint density at radius 3 is 2.58 bits per heavy atom. The lowest BCUT2D eigenvalue weighted by Crippen LogP contribution is -2.53. The minimum Gasteiger partial charge on any atom is -0.458 e. The van der Waals surface area contributed by atoms with Crippen LogP contribution in [0.1, 0.15) is 32.1 Å². The summed E-state index contributed by atoms with van der Waals surface area (Å²) in [5, 5.41) is 0. The van der Waals surface area contributed by atoms with Crippen molar-refractivity contribution in [2.24, 2.45) is 5.92 Å². The van der Waals surface area contributed by atoms with Crippen molar-refractivity contribution in [1.29, 1.82) is 0 Å². The van der Waals surface area contributed by atoms with Gasteiger partial charge in [0.25, 0.3) is 0 Å². The van der Waals surface area contributed by atoms with E-state index >= 15 is 0 Å². The average molecular weight is 330 g/mol. The number of aromatic nitrogens is 2. The number of amides is 1. The molecular formula is C17H22N4O3. The third-order valence-corrected chi connectivity index (χ3v) is 5.54. The van der Waals surface area contributed by atoms with Crippen LogP contribution >= 0.6 is 0 Å². The van der Waals surface area contributed by atoms with E-state index in [-0.39, 0.29) is 24.2 Å². The van der Waals surface area contributed by atoms with E-state index in [4.69, 9.17) is 4.74 Å². The highest BCUT2D eigenvalue weighted by Gasteiger charge is 2.54. The quantitative estimate of drug-likeness (QED) is 0.753. The summed E-state index contributed by atoms with van der Waals surface area (Å²) < 4.78 is 5.61. The summed E-state index contributed by atoms with van der Waals surface area (Å²) in [4.78, 5) is 37.3. The number of piperazine rings is 1. The molecule has 128 valence electrons. The fourth-order valence-electron chi connectivity index (χ4n) is 4.26. The second-order valence-corrected chi connectivity index (χ2v) is 6.88. The molecule has 1 atom stereocenters. The predicted octanol–water partition coefficient (Wildman–Crippen LogP) is 1.00. The molecule has 1 spiro atoms. The molecule has 1 aliphatic carbocycles. The summed E-state index contributed by atoms with van der Waals surface area (Å²) in [7, 11) is 0. The average Bonchev–Trinajstić information content (AvgIpc) is 3.22. The van der Waals surface area contributed by atoms with Crippen LogP contribution in [0.15, 0.2) is 18.6 Å². The summed E-state index contributed by atoms with van der Waals surface area (Å²) >= 11 is 0. The van der Waals surface area contributed by atoms with E-state index in [1.165, 1.54) is 0 Å². The maximum Gasteiger partial charge on any atom is 0.307 e. The zero-order valence-corrected chi connectivity index (χ0v) is 13.7. The van der Waals surface area contributed by atoms with Crippen LogP contribution in [0.25, 0.3) is 0 Å². The topological polar surface area (TPSA) is 75.6 Å². The van der Waals surface area contributed by atoms with Crippen LogP contribution in [0.5, 0.6) is 0 Å². The van der Waals surface area contributed by atoms with E-state index in [1.807, 2.05) is 4.90 Å². The second kappa shape index (κ2) is 6.03. The first kappa shape index (κ1) is 15.4. The van der Waals surface area contributed by atoms with Gasteiger partial charge in [0.1, 0.15) is 11.4 Å². The molecule has 1 aromatic heterocycles. The normalized spacial score (nSPS) is 26.0. The molecule has 0 N–H and O–H groups in total. The van der Waals surface area contributed by atoms with Crippen molar-refractivity contribution < 1.29 is 14.3 Å². The van der Waals surface area contributed by atoms with Crippen molar-refractivity contribution >= 4 is 17.7 Å². The molecule has 2 aliphatic heterocycles. The van der Waals surface area contributed by atoms with Crippen LogP contribution in [0, 0.1) is 5.92 Å². The second-order valence-electron chi connectivity index (χ2n) is 6.88. The SMILES string of the molecule is O=C1CC(C(=O)N2CCN(c3cnccn3)CC2)C2(CCCC2)O1. The van der Waals surface area contributed by atoms with Crippen LogP contribution in [0.3, 0.4) is 0 Å². The minimum absolute atomic E-state index is 0.0848. The number of ether oxygens (including phenoxy) is 1. The lowest BCUT2D eigenvalue weighted by molar-refractivity contribution is -0.151. The van der Waals surface area contributed by atoms with E-state index in [1.54, 1.807) is 18.6 Å². The molecule has 3 heterocycles. The molecule has 3 fully saturated rings. The van der Waals surface area contributed by atoms with Gasteiger partial charge in [0.05, 0.1) is 18.5 Å². The van der Waals surface area contributed by atoms with Crippen molar-refractivity contribution in [3.8, 4) is 0 Å². The first-order valence-corrected chi connectivity index (χ1v) is 8.70. The van der Waals surface area contributed by atoms with Gasteiger partial charge in [-0.1, -0.05) is 0 Å². The van der Waals surface area contributed by atoms with E-state index in [0.717, 1.165) is 44.6 Å². The molecule has 3 aliphatic rings. The van der Waals surface area contributed by atoms with Crippen LogP contribution in [0.4, 0.5) is 5.82 Å². The monoisotopic (exact) mass is 330 g/mol. The molecule has 7 heteroatoms. The lowest BCUT2D eigenvalue weighted by atomic mass is 9.84. The molecule has 7 nitrogen and oxygen atoms in total. The highest BCUT2D eigenvalue weighted by molar-refractivity contribution is 5.88. The number of hydrogen-bond donors (Lipinski definition) is 0. The number of esters is 1. The molecule has 24 heavy (non-hydrogen) atoms. The molecular weight excluding hydrogens is 308 g/mol. The first-order chi connectivity index (χ1) is 11.7. The van der Waals surface area contributed by atoms with E-state index in [9.17, 15) is 9.59 Å². The Kier molecular flexibility index (Phi) is 3.86. The fourth-order valence-corrected chi connectivity index (χ4v) is 4.26. The Balaban J connectivity index is 1.42. The zero-order chi connectivity index (χ0) is 16.6. The smallest absolute Gasteiger partial charge is 0.307 e. The van der Waals surface area contributed by atoms with Gasteiger partial charge in [-0.2, -0.15) is 0 Å². The molecule has 1 aromatic rings. The van der Waals surface area contributed by atoms with Crippen LogP contribution in [0.2, 0.25) is 0 Å². The Hall–Kier alpha value is -2.18. The third kappa shape index (κ3) is 2.61. The van der Waals surface area contributed by atoms with Gasteiger partial charge in [0, 0.05) is 38.6 Å². The van der Waals surface area contributed by atoms with Crippen LogP contribution < -0.4 is 4.90 Å². The molecule has 1 unspecified atom stereocenters. The molecule has 0 bridgehead atoms. The van der Waals surface area contributed by atoms with Crippen molar-refractivity contribution in [1.82, 2.24) is 14.9 Å². The van der Waals surface area contributed by atoms with E-state index in [0.29, 0.717) is 13.1 Å². The van der Waals surface area contributed by atoms with Gasteiger partial charge < -0.3 is 14.5 Å². The third-order valence-electron chi connectivity index (χ3n) is 5.54. The summed E-state index contributed by atoms with van der Waals surface area (Å²) in [6, 6.07) is 0. The number of rotatable bonds is 2.